The Morgan fingerprint density at radius 1 is 1.35 bits per heavy atom. The van der Waals surface area contributed by atoms with Crippen LogP contribution in [0.15, 0.2) is 29.2 Å². The number of carbonyl (C=O) groups is 1. The highest BCUT2D eigenvalue weighted by Gasteiger charge is 2.33. The van der Waals surface area contributed by atoms with E-state index in [0.717, 1.165) is 30.2 Å². The molecule has 1 fully saturated rings. The Balaban J connectivity index is 1.93. The van der Waals surface area contributed by atoms with E-state index in [0.29, 0.717) is 0 Å². The van der Waals surface area contributed by atoms with Gasteiger partial charge in [0.1, 0.15) is 5.75 Å². The first-order valence-corrected chi connectivity index (χ1v) is 7.89. The molecule has 1 saturated heterocycles. The lowest BCUT2D eigenvalue weighted by Crippen LogP contribution is -2.35. The van der Waals surface area contributed by atoms with Crippen molar-refractivity contribution in [1.82, 2.24) is 4.90 Å². The molecule has 0 aliphatic carbocycles. The molecule has 2 rings (SSSR count). The van der Waals surface area contributed by atoms with Crippen molar-refractivity contribution in [3.05, 3.63) is 24.3 Å². The van der Waals surface area contributed by atoms with Gasteiger partial charge in [0, 0.05) is 18.0 Å². The second kappa shape index (κ2) is 6.08. The molecule has 1 aromatic rings. The van der Waals surface area contributed by atoms with Gasteiger partial charge in [-0.05, 0) is 43.0 Å². The fourth-order valence-corrected chi connectivity index (χ4v) is 3.42. The van der Waals surface area contributed by atoms with Gasteiger partial charge in [-0.2, -0.15) is 0 Å². The molecule has 20 heavy (non-hydrogen) atoms. The van der Waals surface area contributed by atoms with Gasteiger partial charge in [-0.1, -0.05) is 13.8 Å². The summed E-state index contributed by atoms with van der Waals surface area (Å²) < 4.78 is 5.14. The maximum atomic E-state index is 12.4. The summed E-state index contributed by atoms with van der Waals surface area (Å²) >= 11 is 1.61. The van der Waals surface area contributed by atoms with Crippen LogP contribution in [0.25, 0.3) is 0 Å². The lowest BCUT2D eigenvalue weighted by Gasteiger charge is -2.22. The number of ether oxygens (including phenoxy) is 1. The number of rotatable bonds is 4. The highest BCUT2D eigenvalue weighted by molar-refractivity contribution is 8.00. The SMILES string of the molecule is COc1ccc(SC(C)C(=O)N2CCC(C)(C)C2)cc1. The molecular formula is C16H23NO2S. The van der Waals surface area contributed by atoms with Gasteiger partial charge in [0.25, 0.3) is 0 Å². The fraction of sp³-hybridized carbons (Fsp3) is 0.562. The number of hydrogen-bond donors (Lipinski definition) is 0. The number of methoxy groups -OCH3 is 1. The van der Waals surface area contributed by atoms with Crippen LogP contribution in [0.2, 0.25) is 0 Å². The predicted molar refractivity (Wildman–Crippen MR) is 83.3 cm³/mol. The van der Waals surface area contributed by atoms with Crippen LogP contribution in [0.5, 0.6) is 5.75 Å². The highest BCUT2D eigenvalue weighted by atomic mass is 32.2. The smallest absolute Gasteiger partial charge is 0.235 e. The molecule has 0 saturated carbocycles. The van der Waals surface area contributed by atoms with Crippen molar-refractivity contribution in [1.29, 1.82) is 0 Å². The molecule has 3 nitrogen and oxygen atoms in total. The first-order valence-electron chi connectivity index (χ1n) is 7.01. The summed E-state index contributed by atoms with van der Waals surface area (Å²) in [6.45, 7) is 8.20. The molecule has 0 radical (unpaired) electrons. The van der Waals surface area contributed by atoms with Crippen LogP contribution in [0, 0.1) is 5.41 Å². The highest BCUT2D eigenvalue weighted by Crippen LogP contribution is 2.32. The first kappa shape index (κ1) is 15.2. The minimum Gasteiger partial charge on any atom is -0.497 e. The average molecular weight is 293 g/mol. The van der Waals surface area contributed by atoms with Gasteiger partial charge in [0.15, 0.2) is 0 Å². The molecule has 0 aromatic heterocycles. The van der Waals surface area contributed by atoms with Crippen molar-refractivity contribution in [2.24, 2.45) is 5.41 Å². The van der Waals surface area contributed by atoms with E-state index in [4.69, 9.17) is 4.74 Å². The second-order valence-electron chi connectivity index (χ2n) is 6.11. The van der Waals surface area contributed by atoms with E-state index in [-0.39, 0.29) is 16.6 Å². The lowest BCUT2D eigenvalue weighted by molar-refractivity contribution is -0.129. The van der Waals surface area contributed by atoms with Crippen LogP contribution < -0.4 is 4.74 Å². The van der Waals surface area contributed by atoms with E-state index in [1.54, 1.807) is 18.9 Å². The molecule has 1 atom stereocenters. The van der Waals surface area contributed by atoms with Crippen molar-refractivity contribution in [3.8, 4) is 5.75 Å². The van der Waals surface area contributed by atoms with Crippen molar-refractivity contribution < 1.29 is 9.53 Å². The van der Waals surface area contributed by atoms with Gasteiger partial charge in [-0.25, -0.2) is 0 Å². The quantitative estimate of drug-likeness (QED) is 0.797. The largest absolute Gasteiger partial charge is 0.497 e. The Bertz CT molecular complexity index is 470. The third-order valence-electron chi connectivity index (χ3n) is 3.71. The summed E-state index contributed by atoms with van der Waals surface area (Å²) in [5, 5.41) is -0.0442. The van der Waals surface area contributed by atoms with E-state index in [1.807, 2.05) is 36.1 Å². The summed E-state index contributed by atoms with van der Waals surface area (Å²) in [7, 11) is 1.66. The van der Waals surface area contributed by atoms with Gasteiger partial charge in [0.2, 0.25) is 5.91 Å². The van der Waals surface area contributed by atoms with Gasteiger partial charge in [-0.15, -0.1) is 11.8 Å². The number of benzene rings is 1. The van der Waals surface area contributed by atoms with E-state index < -0.39 is 0 Å². The zero-order chi connectivity index (χ0) is 14.8. The summed E-state index contributed by atoms with van der Waals surface area (Å²) in [4.78, 5) is 15.5. The Morgan fingerprint density at radius 2 is 2.00 bits per heavy atom. The van der Waals surface area contributed by atoms with E-state index in [1.165, 1.54) is 0 Å². The molecule has 1 aliphatic rings. The first-order chi connectivity index (χ1) is 9.41. The Hall–Kier alpha value is -1.16. The minimum atomic E-state index is -0.0442. The maximum Gasteiger partial charge on any atom is 0.235 e. The molecule has 110 valence electrons. The van der Waals surface area contributed by atoms with E-state index >= 15 is 0 Å². The minimum absolute atomic E-state index is 0.0442. The molecule has 1 amide bonds. The fourth-order valence-electron chi connectivity index (χ4n) is 2.47. The second-order valence-corrected chi connectivity index (χ2v) is 7.52. The van der Waals surface area contributed by atoms with Crippen molar-refractivity contribution in [2.45, 2.75) is 37.3 Å². The summed E-state index contributed by atoms with van der Waals surface area (Å²) in [5.41, 5.74) is 0.264. The normalized spacial score (nSPS) is 18.9. The van der Waals surface area contributed by atoms with Crippen LogP contribution >= 0.6 is 11.8 Å². The molecule has 0 spiro atoms. The maximum absolute atomic E-state index is 12.4. The zero-order valence-corrected chi connectivity index (χ0v) is 13.5. The Labute approximate surface area is 125 Å². The third kappa shape index (κ3) is 3.69. The topological polar surface area (TPSA) is 29.5 Å². The summed E-state index contributed by atoms with van der Waals surface area (Å²) in [6, 6.07) is 7.86. The van der Waals surface area contributed by atoms with Crippen molar-refractivity contribution in [2.75, 3.05) is 20.2 Å². The van der Waals surface area contributed by atoms with Crippen LogP contribution in [0.3, 0.4) is 0 Å². The molecule has 1 unspecified atom stereocenters. The third-order valence-corrected chi connectivity index (χ3v) is 4.81. The van der Waals surface area contributed by atoms with Crippen molar-refractivity contribution in [3.63, 3.8) is 0 Å². The molecule has 0 bridgehead atoms. The van der Waals surface area contributed by atoms with Gasteiger partial charge in [-0.3, -0.25) is 4.79 Å². The number of thioether (sulfide) groups is 1. The van der Waals surface area contributed by atoms with Crippen LogP contribution in [0.4, 0.5) is 0 Å². The van der Waals surface area contributed by atoms with Gasteiger partial charge < -0.3 is 9.64 Å². The summed E-state index contributed by atoms with van der Waals surface area (Å²) in [6.07, 6.45) is 1.10. The van der Waals surface area contributed by atoms with E-state index in [2.05, 4.69) is 13.8 Å². The molecule has 1 heterocycles. The molecular weight excluding hydrogens is 270 g/mol. The molecule has 4 heteroatoms. The average Bonchev–Trinajstić information content (AvgIpc) is 2.79. The van der Waals surface area contributed by atoms with Crippen LogP contribution in [-0.2, 0) is 4.79 Å². The molecule has 1 aliphatic heterocycles. The Kier molecular flexibility index (Phi) is 4.63. The van der Waals surface area contributed by atoms with Crippen molar-refractivity contribution >= 4 is 17.7 Å². The lowest BCUT2D eigenvalue weighted by atomic mass is 9.93. The zero-order valence-electron chi connectivity index (χ0n) is 12.7. The number of carbonyl (C=O) groups excluding carboxylic acids is 1. The van der Waals surface area contributed by atoms with Crippen LogP contribution in [0.1, 0.15) is 27.2 Å². The van der Waals surface area contributed by atoms with Crippen LogP contribution in [-0.4, -0.2) is 36.3 Å². The Morgan fingerprint density at radius 3 is 2.50 bits per heavy atom. The molecule has 1 aromatic carbocycles. The number of nitrogens with zero attached hydrogens (tertiary/aromatic N) is 1. The van der Waals surface area contributed by atoms with Gasteiger partial charge >= 0.3 is 0 Å². The predicted octanol–water partition coefficient (Wildman–Crippen LogP) is 3.43. The standard InChI is InChI=1S/C16H23NO2S/c1-12(15(18)17-10-9-16(2,3)11-17)20-14-7-5-13(19-4)6-8-14/h5-8,12H,9-11H2,1-4H3. The summed E-state index contributed by atoms with van der Waals surface area (Å²) in [5.74, 6) is 1.09. The molecule has 0 N–H and O–H groups in total. The number of amides is 1. The van der Waals surface area contributed by atoms with Gasteiger partial charge in [0.05, 0.1) is 12.4 Å². The number of hydrogen-bond acceptors (Lipinski definition) is 3. The monoisotopic (exact) mass is 293 g/mol. The van der Waals surface area contributed by atoms with E-state index in [9.17, 15) is 4.79 Å². The number of likely N-dealkylation sites (tertiary alicyclic amines) is 1.